The number of aromatic amines is 1. The topological polar surface area (TPSA) is 54.0 Å². The van der Waals surface area contributed by atoms with Gasteiger partial charge in [-0.2, -0.15) is 0 Å². The van der Waals surface area contributed by atoms with Gasteiger partial charge in [-0.15, -0.1) is 0 Å². The summed E-state index contributed by atoms with van der Waals surface area (Å²) in [5, 5.41) is 0. The molecule has 5 nitrogen and oxygen atoms in total. The predicted molar refractivity (Wildman–Crippen MR) is 119 cm³/mol. The third-order valence-corrected chi connectivity index (χ3v) is 5.53. The molecule has 0 radical (unpaired) electrons. The van der Waals surface area contributed by atoms with E-state index in [0.717, 1.165) is 66.8 Å². The van der Waals surface area contributed by atoms with Crippen LogP contribution < -0.4 is 0 Å². The van der Waals surface area contributed by atoms with Crippen LogP contribution in [0.25, 0.3) is 33.9 Å². The molecule has 0 atom stereocenters. The molecule has 2 aromatic heterocycles. The van der Waals surface area contributed by atoms with E-state index in [2.05, 4.69) is 39.1 Å². The van der Waals surface area contributed by atoms with Gasteiger partial charge in [0.05, 0.1) is 24.6 Å². The number of morpholine rings is 1. The zero-order chi connectivity index (χ0) is 21.0. The van der Waals surface area contributed by atoms with Crippen LogP contribution in [0.3, 0.4) is 0 Å². The lowest BCUT2D eigenvalue weighted by molar-refractivity contribution is 0.0342. The molecule has 2 aromatic carbocycles. The largest absolute Gasteiger partial charge is 0.379 e. The lowest BCUT2D eigenvalue weighted by Gasteiger charge is -2.26. The van der Waals surface area contributed by atoms with E-state index >= 15 is 0 Å². The molecule has 4 aromatic rings. The fourth-order valence-electron chi connectivity index (χ4n) is 3.84. The van der Waals surface area contributed by atoms with Gasteiger partial charge in [-0.05, 0) is 42.0 Å². The van der Waals surface area contributed by atoms with Crippen molar-refractivity contribution >= 4 is 0 Å². The Bertz CT molecular complexity index is 1130. The maximum Gasteiger partial charge on any atom is 0.138 e. The third kappa shape index (κ3) is 4.40. The average Bonchev–Trinajstić information content (AvgIpc) is 3.27. The van der Waals surface area contributed by atoms with Crippen LogP contribution in [0.15, 0.2) is 73.1 Å². The summed E-state index contributed by atoms with van der Waals surface area (Å²) >= 11 is 0. The molecule has 31 heavy (non-hydrogen) atoms. The van der Waals surface area contributed by atoms with Gasteiger partial charge in [0, 0.05) is 48.7 Å². The first-order chi connectivity index (χ1) is 15.3. The van der Waals surface area contributed by atoms with E-state index in [1.807, 2.05) is 12.1 Å². The number of ether oxygens (including phenoxy) is 1. The average molecular weight is 414 g/mol. The molecule has 1 saturated heterocycles. The number of rotatable bonds is 5. The second-order valence-corrected chi connectivity index (χ2v) is 7.64. The van der Waals surface area contributed by atoms with Crippen LogP contribution in [0.2, 0.25) is 0 Å². The normalized spacial score (nSPS) is 14.6. The van der Waals surface area contributed by atoms with Crippen molar-refractivity contribution in [2.75, 3.05) is 26.3 Å². The van der Waals surface area contributed by atoms with E-state index in [9.17, 15) is 4.39 Å². The van der Waals surface area contributed by atoms with Gasteiger partial charge in [-0.3, -0.25) is 9.88 Å². The number of hydrogen-bond acceptors (Lipinski definition) is 4. The molecule has 3 heterocycles. The second kappa shape index (κ2) is 8.79. The van der Waals surface area contributed by atoms with E-state index in [4.69, 9.17) is 9.72 Å². The van der Waals surface area contributed by atoms with Crippen molar-refractivity contribution in [1.82, 2.24) is 19.9 Å². The molecule has 0 amide bonds. The fourth-order valence-corrected chi connectivity index (χ4v) is 3.84. The molecule has 156 valence electrons. The van der Waals surface area contributed by atoms with Gasteiger partial charge >= 0.3 is 0 Å². The van der Waals surface area contributed by atoms with Crippen LogP contribution >= 0.6 is 0 Å². The van der Waals surface area contributed by atoms with Crippen molar-refractivity contribution in [3.63, 3.8) is 0 Å². The van der Waals surface area contributed by atoms with Crippen molar-refractivity contribution in [3.05, 3.63) is 84.4 Å². The zero-order valence-corrected chi connectivity index (χ0v) is 17.1. The highest BCUT2D eigenvalue weighted by Crippen LogP contribution is 2.33. The predicted octanol–water partition coefficient (Wildman–Crippen LogP) is 4.78. The summed E-state index contributed by atoms with van der Waals surface area (Å²) in [4.78, 5) is 14.9. The van der Waals surface area contributed by atoms with Gasteiger partial charge in [0.25, 0.3) is 0 Å². The van der Waals surface area contributed by atoms with E-state index < -0.39 is 0 Å². The van der Waals surface area contributed by atoms with Crippen LogP contribution in [-0.2, 0) is 11.3 Å². The van der Waals surface area contributed by atoms with Crippen molar-refractivity contribution < 1.29 is 9.13 Å². The van der Waals surface area contributed by atoms with Gasteiger partial charge in [0.2, 0.25) is 0 Å². The lowest BCUT2D eigenvalue weighted by atomic mass is 10.1. The minimum absolute atomic E-state index is 0.263. The second-order valence-electron chi connectivity index (χ2n) is 7.64. The fraction of sp³-hybridized carbons (Fsp3) is 0.200. The molecular formula is C25H23FN4O. The van der Waals surface area contributed by atoms with Crippen LogP contribution in [-0.4, -0.2) is 46.2 Å². The number of hydrogen-bond donors (Lipinski definition) is 1. The maximum absolute atomic E-state index is 13.5. The van der Waals surface area contributed by atoms with Gasteiger partial charge in [-0.1, -0.05) is 24.3 Å². The summed E-state index contributed by atoms with van der Waals surface area (Å²) in [6, 6.07) is 18.8. The summed E-state index contributed by atoms with van der Waals surface area (Å²) in [5.41, 5.74) is 5.80. The first kappa shape index (κ1) is 19.6. The Morgan fingerprint density at radius 3 is 2.23 bits per heavy atom. The lowest BCUT2D eigenvalue weighted by Crippen LogP contribution is -2.35. The Morgan fingerprint density at radius 1 is 0.839 bits per heavy atom. The van der Waals surface area contributed by atoms with Crippen molar-refractivity contribution in [3.8, 4) is 33.9 Å². The molecule has 1 aliphatic heterocycles. The smallest absolute Gasteiger partial charge is 0.138 e. The van der Waals surface area contributed by atoms with E-state index in [-0.39, 0.29) is 5.82 Å². The number of imidazole rings is 1. The molecule has 6 heteroatoms. The third-order valence-electron chi connectivity index (χ3n) is 5.53. The quantitative estimate of drug-likeness (QED) is 0.511. The summed E-state index contributed by atoms with van der Waals surface area (Å²) in [6.07, 6.45) is 3.51. The molecule has 0 unspecified atom stereocenters. The first-order valence-electron chi connectivity index (χ1n) is 10.4. The van der Waals surface area contributed by atoms with E-state index in [1.165, 1.54) is 17.7 Å². The number of aromatic nitrogens is 3. The van der Waals surface area contributed by atoms with Crippen molar-refractivity contribution in [1.29, 1.82) is 0 Å². The number of halogens is 1. The molecule has 5 rings (SSSR count). The molecule has 1 fully saturated rings. The standard InChI is InChI=1S/C25H23FN4O/c26-22-7-5-19(6-8-22)23-24(20-9-11-27-12-10-20)29-25(28-23)21-3-1-18(2-4-21)17-30-13-15-31-16-14-30/h1-12H,13-17H2,(H,28,29). The summed E-state index contributed by atoms with van der Waals surface area (Å²) in [7, 11) is 0. The summed E-state index contributed by atoms with van der Waals surface area (Å²) in [5.74, 6) is 0.518. The zero-order valence-electron chi connectivity index (χ0n) is 17.1. The molecular weight excluding hydrogens is 391 g/mol. The van der Waals surface area contributed by atoms with E-state index in [0.29, 0.717) is 0 Å². The van der Waals surface area contributed by atoms with Gasteiger partial charge in [0.15, 0.2) is 0 Å². The Hall–Kier alpha value is -3.35. The van der Waals surface area contributed by atoms with Crippen molar-refractivity contribution in [2.45, 2.75) is 6.54 Å². The Balaban J connectivity index is 1.47. The number of nitrogens with one attached hydrogen (secondary N) is 1. The number of benzene rings is 2. The minimum atomic E-state index is -0.263. The molecule has 0 saturated carbocycles. The molecule has 0 aliphatic carbocycles. The first-order valence-corrected chi connectivity index (χ1v) is 10.4. The highest BCUT2D eigenvalue weighted by molar-refractivity contribution is 5.81. The Kier molecular flexibility index (Phi) is 5.56. The van der Waals surface area contributed by atoms with Crippen molar-refractivity contribution in [2.24, 2.45) is 0 Å². The minimum Gasteiger partial charge on any atom is -0.379 e. The highest BCUT2D eigenvalue weighted by atomic mass is 19.1. The summed E-state index contributed by atoms with van der Waals surface area (Å²) in [6.45, 7) is 4.46. The van der Waals surface area contributed by atoms with Crippen LogP contribution in [0.5, 0.6) is 0 Å². The molecule has 1 N–H and O–H groups in total. The Morgan fingerprint density at radius 2 is 1.52 bits per heavy atom. The molecule has 0 bridgehead atoms. The highest BCUT2D eigenvalue weighted by Gasteiger charge is 2.16. The van der Waals surface area contributed by atoms with Gasteiger partial charge in [0.1, 0.15) is 11.6 Å². The number of nitrogens with zero attached hydrogens (tertiary/aromatic N) is 3. The maximum atomic E-state index is 13.5. The number of pyridine rings is 1. The summed E-state index contributed by atoms with van der Waals surface area (Å²) < 4.78 is 18.9. The molecule has 0 spiro atoms. The van der Waals surface area contributed by atoms with Crippen LogP contribution in [0.1, 0.15) is 5.56 Å². The van der Waals surface area contributed by atoms with Gasteiger partial charge in [-0.25, -0.2) is 9.37 Å². The SMILES string of the molecule is Fc1ccc(-c2nc(-c3ccc(CN4CCOCC4)cc3)[nH]c2-c2ccncc2)cc1. The Labute approximate surface area is 180 Å². The van der Waals surface area contributed by atoms with Crippen LogP contribution in [0.4, 0.5) is 4.39 Å². The van der Waals surface area contributed by atoms with Gasteiger partial charge < -0.3 is 9.72 Å². The van der Waals surface area contributed by atoms with Crippen LogP contribution in [0, 0.1) is 5.82 Å². The number of H-pyrrole nitrogens is 1. The monoisotopic (exact) mass is 414 g/mol. The molecule has 1 aliphatic rings. The van der Waals surface area contributed by atoms with E-state index in [1.54, 1.807) is 24.5 Å².